The van der Waals surface area contributed by atoms with Crippen molar-refractivity contribution in [3.63, 3.8) is 0 Å². The molecule has 1 N–H and O–H groups in total. The molecule has 2 aromatic carbocycles. The Morgan fingerprint density at radius 2 is 1.81 bits per heavy atom. The summed E-state index contributed by atoms with van der Waals surface area (Å²) in [5.74, 6) is -0.228. The SMILES string of the molecule is O=C(Nc1nnc(-c2ccccc2)s1)c1ccc(-n2cc(Br)cn2)cc1. The van der Waals surface area contributed by atoms with Crippen molar-refractivity contribution >= 4 is 38.3 Å². The second-order valence-corrected chi connectivity index (χ2v) is 7.28. The summed E-state index contributed by atoms with van der Waals surface area (Å²) in [7, 11) is 0. The minimum absolute atomic E-state index is 0.228. The Balaban J connectivity index is 1.47. The van der Waals surface area contributed by atoms with E-state index in [2.05, 4.69) is 36.5 Å². The molecule has 0 fully saturated rings. The highest BCUT2D eigenvalue weighted by Crippen LogP contribution is 2.26. The molecule has 0 atom stereocenters. The van der Waals surface area contributed by atoms with E-state index >= 15 is 0 Å². The van der Waals surface area contributed by atoms with Crippen molar-refractivity contribution in [3.05, 3.63) is 77.0 Å². The normalized spacial score (nSPS) is 10.7. The molecule has 0 aliphatic carbocycles. The lowest BCUT2D eigenvalue weighted by molar-refractivity contribution is 0.102. The van der Waals surface area contributed by atoms with Crippen molar-refractivity contribution in [2.24, 2.45) is 0 Å². The van der Waals surface area contributed by atoms with Crippen molar-refractivity contribution in [1.82, 2.24) is 20.0 Å². The highest BCUT2D eigenvalue weighted by Gasteiger charge is 2.11. The summed E-state index contributed by atoms with van der Waals surface area (Å²) >= 11 is 4.70. The molecule has 128 valence electrons. The molecule has 4 rings (SSSR count). The lowest BCUT2D eigenvalue weighted by Crippen LogP contribution is -2.11. The minimum atomic E-state index is -0.228. The molecule has 0 unspecified atom stereocenters. The summed E-state index contributed by atoms with van der Waals surface area (Å²) in [6.07, 6.45) is 3.56. The van der Waals surface area contributed by atoms with E-state index in [1.54, 1.807) is 23.0 Å². The van der Waals surface area contributed by atoms with Crippen molar-refractivity contribution in [2.45, 2.75) is 0 Å². The zero-order valence-electron chi connectivity index (χ0n) is 13.3. The van der Waals surface area contributed by atoms with Crippen LogP contribution >= 0.6 is 27.3 Å². The van der Waals surface area contributed by atoms with Crippen LogP contribution in [0.3, 0.4) is 0 Å². The number of halogens is 1. The Morgan fingerprint density at radius 1 is 1.04 bits per heavy atom. The van der Waals surface area contributed by atoms with E-state index in [-0.39, 0.29) is 5.91 Å². The topological polar surface area (TPSA) is 72.7 Å². The van der Waals surface area contributed by atoms with E-state index in [1.807, 2.05) is 48.7 Å². The Morgan fingerprint density at radius 3 is 2.50 bits per heavy atom. The predicted molar refractivity (Wildman–Crippen MR) is 105 cm³/mol. The second-order valence-electron chi connectivity index (χ2n) is 5.38. The molecule has 4 aromatic rings. The molecule has 2 aromatic heterocycles. The van der Waals surface area contributed by atoms with E-state index in [0.29, 0.717) is 10.7 Å². The summed E-state index contributed by atoms with van der Waals surface area (Å²) in [4.78, 5) is 12.4. The smallest absolute Gasteiger partial charge is 0.257 e. The van der Waals surface area contributed by atoms with Crippen LogP contribution < -0.4 is 5.32 Å². The molecule has 2 heterocycles. The summed E-state index contributed by atoms with van der Waals surface area (Å²) in [6.45, 7) is 0. The van der Waals surface area contributed by atoms with Gasteiger partial charge in [-0.2, -0.15) is 5.10 Å². The standard InChI is InChI=1S/C18H12BrN5OS/c19-14-10-20-24(11-14)15-8-6-12(7-9-15)16(25)21-18-23-22-17(26-18)13-4-2-1-3-5-13/h1-11H,(H,21,23,25). The van der Waals surface area contributed by atoms with Gasteiger partial charge in [-0.05, 0) is 40.2 Å². The fourth-order valence-electron chi connectivity index (χ4n) is 2.35. The zero-order chi connectivity index (χ0) is 17.9. The first-order valence-corrected chi connectivity index (χ1v) is 9.31. The molecule has 0 aliphatic rings. The Hall–Kier alpha value is -2.84. The molecule has 6 nitrogen and oxygen atoms in total. The van der Waals surface area contributed by atoms with Gasteiger partial charge in [0.25, 0.3) is 5.91 Å². The van der Waals surface area contributed by atoms with E-state index < -0.39 is 0 Å². The van der Waals surface area contributed by atoms with Crippen LogP contribution in [0.4, 0.5) is 5.13 Å². The number of amides is 1. The van der Waals surface area contributed by atoms with Crippen LogP contribution in [0.1, 0.15) is 10.4 Å². The van der Waals surface area contributed by atoms with Crippen molar-refractivity contribution in [1.29, 1.82) is 0 Å². The summed E-state index contributed by atoms with van der Waals surface area (Å²) in [6, 6.07) is 16.9. The number of carbonyl (C=O) groups is 1. The molecule has 26 heavy (non-hydrogen) atoms. The molecular formula is C18H12BrN5OS. The number of hydrogen-bond acceptors (Lipinski definition) is 5. The Kier molecular flexibility index (Phi) is 4.59. The summed E-state index contributed by atoms with van der Waals surface area (Å²) in [5, 5.41) is 16.4. The third-order valence-electron chi connectivity index (χ3n) is 3.61. The first-order valence-electron chi connectivity index (χ1n) is 7.70. The number of nitrogens with one attached hydrogen (secondary N) is 1. The van der Waals surface area contributed by atoms with Crippen LogP contribution in [0.2, 0.25) is 0 Å². The average Bonchev–Trinajstić information content (AvgIpc) is 3.32. The lowest BCUT2D eigenvalue weighted by Gasteiger charge is -2.04. The number of benzene rings is 2. The highest BCUT2D eigenvalue weighted by molar-refractivity contribution is 9.10. The fourth-order valence-corrected chi connectivity index (χ4v) is 3.38. The molecule has 8 heteroatoms. The van der Waals surface area contributed by atoms with Gasteiger partial charge in [0.1, 0.15) is 5.01 Å². The van der Waals surface area contributed by atoms with Gasteiger partial charge in [-0.3, -0.25) is 10.1 Å². The first-order chi connectivity index (χ1) is 12.7. The maximum Gasteiger partial charge on any atom is 0.257 e. The number of aromatic nitrogens is 4. The molecule has 0 spiro atoms. The molecule has 0 saturated heterocycles. The van der Waals surface area contributed by atoms with E-state index in [1.165, 1.54) is 11.3 Å². The van der Waals surface area contributed by atoms with Crippen LogP contribution in [0, 0.1) is 0 Å². The van der Waals surface area contributed by atoms with Gasteiger partial charge < -0.3 is 0 Å². The number of rotatable bonds is 4. The van der Waals surface area contributed by atoms with Gasteiger partial charge in [0.05, 0.1) is 16.4 Å². The third kappa shape index (κ3) is 3.56. The summed E-state index contributed by atoms with van der Waals surface area (Å²) < 4.78 is 2.62. The van der Waals surface area contributed by atoms with Crippen LogP contribution in [-0.4, -0.2) is 25.9 Å². The Bertz CT molecular complexity index is 1040. The van der Waals surface area contributed by atoms with Crippen LogP contribution in [0.5, 0.6) is 0 Å². The van der Waals surface area contributed by atoms with E-state index in [0.717, 1.165) is 20.7 Å². The molecule has 0 saturated carbocycles. The van der Waals surface area contributed by atoms with Gasteiger partial charge in [-0.1, -0.05) is 41.7 Å². The molecule has 0 aliphatic heterocycles. The predicted octanol–water partition coefficient (Wildman–Crippen LogP) is 4.41. The van der Waals surface area contributed by atoms with E-state index in [9.17, 15) is 4.79 Å². The fraction of sp³-hybridized carbons (Fsp3) is 0. The molecule has 0 radical (unpaired) electrons. The maximum atomic E-state index is 12.4. The van der Waals surface area contributed by atoms with E-state index in [4.69, 9.17) is 0 Å². The van der Waals surface area contributed by atoms with Crippen LogP contribution in [0.25, 0.3) is 16.3 Å². The van der Waals surface area contributed by atoms with Gasteiger partial charge in [0.15, 0.2) is 0 Å². The van der Waals surface area contributed by atoms with Gasteiger partial charge in [0, 0.05) is 17.3 Å². The highest BCUT2D eigenvalue weighted by atomic mass is 79.9. The minimum Gasteiger partial charge on any atom is -0.296 e. The van der Waals surface area contributed by atoms with Crippen molar-refractivity contribution in [2.75, 3.05) is 5.32 Å². The zero-order valence-corrected chi connectivity index (χ0v) is 15.7. The lowest BCUT2D eigenvalue weighted by atomic mass is 10.2. The number of nitrogens with zero attached hydrogens (tertiary/aromatic N) is 4. The molecular weight excluding hydrogens is 414 g/mol. The Labute approximate surface area is 161 Å². The van der Waals surface area contributed by atoms with Gasteiger partial charge in [-0.15, -0.1) is 10.2 Å². The quantitative estimate of drug-likeness (QED) is 0.525. The maximum absolute atomic E-state index is 12.4. The first kappa shape index (κ1) is 16.6. The van der Waals surface area contributed by atoms with Crippen LogP contribution in [0.15, 0.2) is 71.5 Å². The van der Waals surface area contributed by atoms with Gasteiger partial charge >= 0.3 is 0 Å². The molecule has 1 amide bonds. The summed E-state index contributed by atoms with van der Waals surface area (Å²) in [5.41, 5.74) is 2.38. The third-order valence-corrected chi connectivity index (χ3v) is 4.91. The number of carbonyl (C=O) groups excluding carboxylic acids is 1. The monoisotopic (exact) mass is 425 g/mol. The largest absolute Gasteiger partial charge is 0.296 e. The number of hydrogen-bond donors (Lipinski definition) is 1. The number of anilines is 1. The van der Waals surface area contributed by atoms with Crippen molar-refractivity contribution in [3.8, 4) is 16.3 Å². The van der Waals surface area contributed by atoms with Crippen molar-refractivity contribution < 1.29 is 4.79 Å². The van der Waals surface area contributed by atoms with Gasteiger partial charge in [0.2, 0.25) is 5.13 Å². The molecule has 0 bridgehead atoms. The second kappa shape index (κ2) is 7.19. The van der Waals surface area contributed by atoms with Crippen LogP contribution in [-0.2, 0) is 0 Å². The average molecular weight is 426 g/mol. The van der Waals surface area contributed by atoms with Gasteiger partial charge in [-0.25, -0.2) is 4.68 Å².